The summed E-state index contributed by atoms with van der Waals surface area (Å²) in [6.45, 7) is 3.70. The minimum Gasteiger partial charge on any atom is -0.487 e. The maximum atomic E-state index is 11.3. The van der Waals surface area contributed by atoms with E-state index in [9.17, 15) is 9.90 Å². The van der Waals surface area contributed by atoms with Crippen molar-refractivity contribution in [3.8, 4) is 16.5 Å². The molecule has 4 rings (SSSR count). The maximum Gasteiger partial charge on any atom is 0.320 e. The van der Waals surface area contributed by atoms with Crippen LogP contribution < -0.4 is 4.74 Å². The molecule has 1 aliphatic heterocycles. The van der Waals surface area contributed by atoms with Crippen LogP contribution in [0, 0.1) is 6.92 Å². The van der Waals surface area contributed by atoms with Gasteiger partial charge in [-0.05, 0) is 55.5 Å². The number of oxazole rings is 1. The molecule has 0 unspecified atom stereocenters. The molecule has 3 aromatic rings. The summed E-state index contributed by atoms with van der Waals surface area (Å²) in [6.07, 6.45) is 1.66. The van der Waals surface area contributed by atoms with Gasteiger partial charge in [0.05, 0.1) is 4.88 Å². The lowest BCUT2D eigenvalue weighted by Gasteiger charge is -2.21. The molecule has 0 spiro atoms. The van der Waals surface area contributed by atoms with Gasteiger partial charge in [0.25, 0.3) is 0 Å². The number of hydrogen-bond acceptors (Lipinski definition) is 6. The second-order valence-electron chi connectivity index (χ2n) is 6.90. The first-order valence-electron chi connectivity index (χ1n) is 9.29. The topological polar surface area (TPSA) is 75.8 Å². The highest BCUT2D eigenvalue weighted by Crippen LogP contribution is 2.27. The van der Waals surface area contributed by atoms with Gasteiger partial charge in [0.2, 0.25) is 5.89 Å². The molecule has 146 valence electrons. The van der Waals surface area contributed by atoms with Gasteiger partial charge in [-0.3, -0.25) is 9.69 Å². The summed E-state index contributed by atoms with van der Waals surface area (Å²) in [5.74, 6) is 1.40. The molecule has 0 aliphatic carbocycles. The number of carboxylic acid groups (broad SMARTS) is 1. The molecule has 2 aromatic heterocycles. The lowest BCUT2D eigenvalue weighted by molar-refractivity contribution is -0.142. The van der Waals surface area contributed by atoms with Crippen molar-refractivity contribution in [3.05, 3.63) is 58.8 Å². The Morgan fingerprint density at radius 1 is 1.36 bits per heavy atom. The van der Waals surface area contributed by atoms with Crippen LogP contribution >= 0.6 is 11.3 Å². The third-order valence-corrected chi connectivity index (χ3v) is 5.82. The molecule has 3 heterocycles. The fourth-order valence-corrected chi connectivity index (χ4v) is 4.09. The van der Waals surface area contributed by atoms with Crippen LogP contribution in [0.5, 0.6) is 5.75 Å². The van der Waals surface area contributed by atoms with E-state index in [1.165, 1.54) is 0 Å². The third-order valence-electron chi connectivity index (χ3n) is 4.96. The predicted molar refractivity (Wildman–Crippen MR) is 106 cm³/mol. The van der Waals surface area contributed by atoms with Gasteiger partial charge >= 0.3 is 5.97 Å². The van der Waals surface area contributed by atoms with E-state index >= 15 is 0 Å². The van der Waals surface area contributed by atoms with E-state index in [0.29, 0.717) is 19.0 Å². The standard InChI is InChI=1S/C21H22N2O4S/c1-14-17(22-20(27-14)19-5-3-11-28-19)13-26-16-8-6-15(7-9-16)12-23-10-2-4-18(23)21(24)25/h3,5-9,11,18H,2,4,10,12-13H2,1H3,(H,24,25)/t18-/m1/s1. The normalized spacial score (nSPS) is 17.1. The molecule has 0 saturated carbocycles. The van der Waals surface area contributed by atoms with E-state index in [4.69, 9.17) is 9.15 Å². The highest BCUT2D eigenvalue weighted by molar-refractivity contribution is 7.13. The molecule has 1 aromatic carbocycles. The molecular formula is C21H22N2O4S. The van der Waals surface area contributed by atoms with Crippen molar-refractivity contribution >= 4 is 17.3 Å². The molecule has 1 atom stereocenters. The van der Waals surface area contributed by atoms with Gasteiger partial charge in [-0.1, -0.05) is 18.2 Å². The number of likely N-dealkylation sites (tertiary alicyclic amines) is 1. The molecule has 1 N–H and O–H groups in total. The number of carbonyl (C=O) groups is 1. The number of thiophene rings is 1. The molecule has 0 amide bonds. The first kappa shape index (κ1) is 18.7. The number of nitrogens with zero attached hydrogens (tertiary/aromatic N) is 2. The van der Waals surface area contributed by atoms with Gasteiger partial charge in [0.15, 0.2) is 0 Å². The largest absolute Gasteiger partial charge is 0.487 e. The summed E-state index contributed by atoms with van der Waals surface area (Å²) >= 11 is 1.59. The fraction of sp³-hybridized carbons (Fsp3) is 0.333. The van der Waals surface area contributed by atoms with E-state index in [1.54, 1.807) is 11.3 Å². The highest BCUT2D eigenvalue weighted by Gasteiger charge is 2.30. The maximum absolute atomic E-state index is 11.3. The van der Waals surface area contributed by atoms with Crippen LogP contribution in [0.25, 0.3) is 10.8 Å². The summed E-state index contributed by atoms with van der Waals surface area (Å²) in [4.78, 5) is 18.9. The van der Waals surface area contributed by atoms with Gasteiger partial charge in [0.1, 0.15) is 29.9 Å². The molecule has 28 heavy (non-hydrogen) atoms. The smallest absolute Gasteiger partial charge is 0.320 e. The molecular weight excluding hydrogens is 376 g/mol. The predicted octanol–water partition coefficient (Wildman–Crippen LogP) is 4.34. The summed E-state index contributed by atoms with van der Waals surface area (Å²) in [5, 5.41) is 11.3. The van der Waals surface area contributed by atoms with Crippen LogP contribution in [0.2, 0.25) is 0 Å². The van der Waals surface area contributed by atoms with Crippen LogP contribution in [0.15, 0.2) is 46.2 Å². The molecule has 0 bridgehead atoms. The summed E-state index contributed by atoms with van der Waals surface area (Å²) < 4.78 is 11.6. The van der Waals surface area contributed by atoms with Crippen molar-refractivity contribution in [2.75, 3.05) is 6.54 Å². The first-order chi connectivity index (χ1) is 13.6. The molecule has 1 aliphatic rings. The lowest BCUT2D eigenvalue weighted by Crippen LogP contribution is -2.35. The second kappa shape index (κ2) is 8.16. The number of hydrogen-bond donors (Lipinski definition) is 1. The molecule has 7 heteroatoms. The van der Waals surface area contributed by atoms with E-state index < -0.39 is 5.97 Å². The third kappa shape index (κ3) is 4.10. The highest BCUT2D eigenvalue weighted by atomic mass is 32.1. The van der Waals surface area contributed by atoms with Crippen LogP contribution in [0.3, 0.4) is 0 Å². The van der Waals surface area contributed by atoms with Crippen LogP contribution in [0.4, 0.5) is 0 Å². The van der Waals surface area contributed by atoms with Crippen molar-refractivity contribution in [3.63, 3.8) is 0 Å². The Bertz CT molecular complexity index is 934. The Morgan fingerprint density at radius 3 is 2.89 bits per heavy atom. The minimum atomic E-state index is -0.734. The average Bonchev–Trinajstić information content (AvgIpc) is 3.42. The zero-order chi connectivity index (χ0) is 19.5. The Morgan fingerprint density at radius 2 is 2.18 bits per heavy atom. The van der Waals surface area contributed by atoms with E-state index in [-0.39, 0.29) is 6.04 Å². The van der Waals surface area contributed by atoms with E-state index in [0.717, 1.165) is 47.0 Å². The summed E-state index contributed by atoms with van der Waals surface area (Å²) in [6, 6.07) is 11.4. The Balaban J connectivity index is 1.36. The van der Waals surface area contributed by atoms with Crippen molar-refractivity contribution in [1.82, 2.24) is 9.88 Å². The van der Waals surface area contributed by atoms with E-state index in [1.807, 2.05) is 53.6 Å². The van der Waals surface area contributed by atoms with Gasteiger partial charge in [0, 0.05) is 6.54 Å². The van der Waals surface area contributed by atoms with E-state index in [2.05, 4.69) is 4.98 Å². The van der Waals surface area contributed by atoms with Gasteiger partial charge in [-0.15, -0.1) is 11.3 Å². The number of aliphatic carboxylic acids is 1. The Labute approximate surface area is 167 Å². The Hall–Kier alpha value is -2.64. The number of carboxylic acids is 1. The second-order valence-corrected chi connectivity index (χ2v) is 7.85. The van der Waals surface area contributed by atoms with Gasteiger partial charge in [-0.25, -0.2) is 4.98 Å². The number of benzene rings is 1. The summed E-state index contributed by atoms with van der Waals surface area (Å²) in [5.41, 5.74) is 1.87. The van der Waals surface area contributed by atoms with Crippen LogP contribution in [-0.4, -0.2) is 33.5 Å². The SMILES string of the molecule is Cc1oc(-c2cccs2)nc1COc1ccc(CN2CCC[C@@H]2C(=O)O)cc1. The zero-order valence-corrected chi connectivity index (χ0v) is 16.4. The van der Waals surface area contributed by atoms with Crippen molar-refractivity contribution in [1.29, 1.82) is 0 Å². The molecule has 1 fully saturated rings. The Kier molecular flexibility index (Phi) is 5.45. The average molecular weight is 398 g/mol. The van der Waals surface area contributed by atoms with Crippen molar-refractivity contribution < 1.29 is 19.1 Å². The number of ether oxygens (including phenoxy) is 1. The van der Waals surface area contributed by atoms with Crippen LogP contribution in [0.1, 0.15) is 29.9 Å². The lowest BCUT2D eigenvalue weighted by atomic mass is 10.2. The first-order valence-corrected chi connectivity index (χ1v) is 10.2. The number of aryl methyl sites for hydroxylation is 1. The summed E-state index contributed by atoms with van der Waals surface area (Å²) in [7, 11) is 0. The van der Waals surface area contributed by atoms with Crippen molar-refractivity contribution in [2.24, 2.45) is 0 Å². The molecule has 1 saturated heterocycles. The molecule has 6 nitrogen and oxygen atoms in total. The van der Waals surface area contributed by atoms with Crippen LogP contribution in [-0.2, 0) is 17.9 Å². The monoisotopic (exact) mass is 398 g/mol. The van der Waals surface area contributed by atoms with Gasteiger partial charge in [-0.2, -0.15) is 0 Å². The minimum absolute atomic E-state index is 0.341. The van der Waals surface area contributed by atoms with Gasteiger partial charge < -0.3 is 14.3 Å². The zero-order valence-electron chi connectivity index (χ0n) is 15.6. The van der Waals surface area contributed by atoms with Crippen molar-refractivity contribution in [2.45, 2.75) is 39.0 Å². The fourth-order valence-electron chi connectivity index (χ4n) is 3.44. The quantitative estimate of drug-likeness (QED) is 0.638. The number of rotatable bonds is 7. The number of aromatic nitrogens is 1. The molecule has 0 radical (unpaired) electrons.